The van der Waals surface area contributed by atoms with Crippen LogP contribution in [0.2, 0.25) is 0 Å². The molecule has 4 bridgehead atoms. The maximum atomic E-state index is 6.45. The Hall–Kier alpha value is -2.32. The summed E-state index contributed by atoms with van der Waals surface area (Å²) in [6.45, 7) is 6.11. The Balaban J connectivity index is 1.24. The van der Waals surface area contributed by atoms with Crippen molar-refractivity contribution >= 4 is 10.8 Å². The molecule has 2 nitrogen and oxygen atoms in total. The van der Waals surface area contributed by atoms with Crippen LogP contribution >= 0.6 is 0 Å². The Kier molecular flexibility index (Phi) is 5.45. The largest absolute Gasteiger partial charge is 0.489 e. The van der Waals surface area contributed by atoms with E-state index in [1.807, 2.05) is 0 Å². The van der Waals surface area contributed by atoms with Gasteiger partial charge in [0.25, 0.3) is 0 Å². The first kappa shape index (κ1) is 21.2. The summed E-state index contributed by atoms with van der Waals surface area (Å²) >= 11 is 0. The van der Waals surface area contributed by atoms with Crippen LogP contribution in [-0.2, 0) is 13.2 Å². The second-order valence-corrected chi connectivity index (χ2v) is 11.4. The van der Waals surface area contributed by atoms with Crippen LogP contribution in [0.5, 0.6) is 5.75 Å². The van der Waals surface area contributed by atoms with Crippen LogP contribution in [0, 0.1) is 30.1 Å². The molecule has 0 saturated heterocycles. The summed E-state index contributed by atoms with van der Waals surface area (Å²) in [7, 11) is 0. The maximum absolute atomic E-state index is 6.45. The van der Waals surface area contributed by atoms with Crippen molar-refractivity contribution < 1.29 is 4.74 Å². The zero-order valence-electron chi connectivity index (χ0n) is 20.1. The highest BCUT2D eigenvalue weighted by Gasteiger charge is 2.52. The van der Waals surface area contributed by atoms with Gasteiger partial charge in [-0.15, -0.1) is 0 Å². The smallest absolute Gasteiger partial charge is 0.124 e. The van der Waals surface area contributed by atoms with Crippen molar-refractivity contribution in [2.75, 3.05) is 0 Å². The fraction of sp³-hybridized carbons (Fsp3) is 0.484. The van der Waals surface area contributed by atoms with Gasteiger partial charge in [-0.2, -0.15) is 0 Å². The lowest BCUT2D eigenvalue weighted by atomic mass is 9.48. The Morgan fingerprint density at radius 3 is 2.27 bits per heavy atom. The van der Waals surface area contributed by atoms with E-state index in [2.05, 4.69) is 79.8 Å². The minimum atomic E-state index is 0.515. The van der Waals surface area contributed by atoms with E-state index in [4.69, 9.17) is 4.74 Å². The summed E-state index contributed by atoms with van der Waals surface area (Å²) in [5.41, 5.74) is 4.36. The maximum Gasteiger partial charge on any atom is 0.124 e. The van der Waals surface area contributed by atoms with Gasteiger partial charge in [0.15, 0.2) is 0 Å². The zero-order chi connectivity index (χ0) is 22.4. The predicted octanol–water partition coefficient (Wildman–Crippen LogP) is 7.42. The highest BCUT2D eigenvalue weighted by Crippen LogP contribution is 2.61. The molecule has 1 unspecified atom stereocenters. The van der Waals surface area contributed by atoms with E-state index in [1.165, 1.54) is 66.0 Å². The topological polar surface area (TPSA) is 21.3 Å². The van der Waals surface area contributed by atoms with Crippen LogP contribution in [0.1, 0.15) is 62.1 Å². The molecule has 3 aromatic rings. The van der Waals surface area contributed by atoms with Crippen LogP contribution in [0.4, 0.5) is 0 Å². The van der Waals surface area contributed by atoms with E-state index < -0.39 is 0 Å². The molecule has 4 saturated carbocycles. The lowest BCUT2D eigenvalue weighted by molar-refractivity contribution is -0.0706. The number of hydrogen-bond acceptors (Lipinski definition) is 2. The molecule has 0 aliphatic heterocycles. The van der Waals surface area contributed by atoms with Gasteiger partial charge in [-0.3, -0.25) is 0 Å². The van der Waals surface area contributed by atoms with Gasteiger partial charge in [0.1, 0.15) is 12.4 Å². The Labute approximate surface area is 198 Å². The molecule has 7 rings (SSSR count). The van der Waals surface area contributed by atoms with E-state index >= 15 is 0 Å². The number of benzene rings is 3. The predicted molar refractivity (Wildman–Crippen MR) is 136 cm³/mol. The number of fused-ring (bicyclic) bond motifs is 1. The van der Waals surface area contributed by atoms with Crippen LogP contribution < -0.4 is 10.1 Å². The highest BCUT2D eigenvalue weighted by molar-refractivity contribution is 5.87. The zero-order valence-corrected chi connectivity index (χ0v) is 20.1. The van der Waals surface area contributed by atoms with Gasteiger partial charge in [0.05, 0.1) is 0 Å². The first-order valence-corrected chi connectivity index (χ1v) is 13.0. The van der Waals surface area contributed by atoms with E-state index in [0.717, 1.165) is 30.0 Å². The second-order valence-electron chi connectivity index (χ2n) is 11.4. The minimum absolute atomic E-state index is 0.515. The number of rotatable bonds is 7. The molecule has 33 heavy (non-hydrogen) atoms. The van der Waals surface area contributed by atoms with Crippen molar-refractivity contribution in [1.29, 1.82) is 0 Å². The summed E-state index contributed by atoms with van der Waals surface area (Å²) in [5, 5.41) is 6.62. The fourth-order valence-electron chi connectivity index (χ4n) is 7.74. The molecule has 4 aliphatic carbocycles. The molecule has 172 valence electrons. The van der Waals surface area contributed by atoms with E-state index in [1.54, 1.807) is 0 Å². The van der Waals surface area contributed by atoms with Crippen LogP contribution in [0.25, 0.3) is 10.8 Å². The standard InChI is InChI=1S/C31H37NO/c1-21-7-3-4-9-27(21)20-33-30-12-11-26-8-5-6-10-28(26)29(30)19-32-22(2)31-16-23-13-24(17-31)15-25(14-23)18-31/h3-12,22-25,32H,13-20H2,1-2H3. The van der Waals surface area contributed by atoms with Gasteiger partial charge >= 0.3 is 0 Å². The molecular weight excluding hydrogens is 402 g/mol. The quantitative estimate of drug-likeness (QED) is 0.413. The van der Waals surface area contributed by atoms with Crippen molar-refractivity contribution in [1.82, 2.24) is 5.32 Å². The van der Waals surface area contributed by atoms with Gasteiger partial charge in [0, 0.05) is 18.2 Å². The van der Waals surface area contributed by atoms with Crippen molar-refractivity contribution in [2.24, 2.45) is 23.2 Å². The van der Waals surface area contributed by atoms with E-state index in [0.29, 0.717) is 18.1 Å². The molecule has 4 fully saturated rings. The van der Waals surface area contributed by atoms with Crippen molar-refractivity contribution in [3.63, 3.8) is 0 Å². The summed E-state index contributed by atoms with van der Waals surface area (Å²) in [4.78, 5) is 0. The molecule has 0 radical (unpaired) electrons. The first-order chi connectivity index (χ1) is 16.1. The Bertz CT molecular complexity index is 1110. The number of aryl methyl sites for hydroxylation is 1. The SMILES string of the molecule is Cc1ccccc1COc1ccc2ccccc2c1CNC(C)C12CC3CC(CC(C3)C1)C2. The van der Waals surface area contributed by atoms with Crippen LogP contribution in [0.15, 0.2) is 60.7 Å². The van der Waals surface area contributed by atoms with Gasteiger partial charge in [-0.25, -0.2) is 0 Å². The van der Waals surface area contributed by atoms with E-state index in [9.17, 15) is 0 Å². The lowest BCUT2D eigenvalue weighted by Gasteiger charge is -2.59. The summed E-state index contributed by atoms with van der Waals surface area (Å²) in [5.74, 6) is 3.99. The minimum Gasteiger partial charge on any atom is -0.489 e. The number of ether oxygens (including phenoxy) is 1. The molecule has 1 atom stereocenters. The molecule has 0 aromatic heterocycles. The average Bonchev–Trinajstić information content (AvgIpc) is 2.81. The molecule has 2 heteroatoms. The molecule has 0 heterocycles. The Morgan fingerprint density at radius 2 is 1.55 bits per heavy atom. The normalized spacial score (nSPS) is 28.8. The van der Waals surface area contributed by atoms with Gasteiger partial charge in [-0.1, -0.05) is 54.6 Å². The number of hydrogen-bond donors (Lipinski definition) is 1. The molecule has 3 aromatic carbocycles. The monoisotopic (exact) mass is 439 g/mol. The van der Waals surface area contributed by atoms with Crippen LogP contribution in [-0.4, -0.2) is 6.04 Å². The van der Waals surface area contributed by atoms with Crippen molar-refractivity contribution in [3.8, 4) is 5.75 Å². The summed E-state index contributed by atoms with van der Waals surface area (Å²) in [6.07, 6.45) is 8.85. The molecule has 1 N–H and O–H groups in total. The van der Waals surface area contributed by atoms with Crippen molar-refractivity contribution in [3.05, 3.63) is 77.4 Å². The molecule has 0 amide bonds. The summed E-state index contributed by atoms with van der Waals surface area (Å²) < 4.78 is 6.45. The van der Waals surface area contributed by atoms with Gasteiger partial charge < -0.3 is 10.1 Å². The molecule has 0 spiro atoms. The van der Waals surface area contributed by atoms with E-state index in [-0.39, 0.29) is 0 Å². The lowest BCUT2D eigenvalue weighted by Crippen LogP contribution is -2.54. The third kappa shape index (κ3) is 3.97. The summed E-state index contributed by atoms with van der Waals surface area (Å²) in [6, 6.07) is 22.2. The van der Waals surface area contributed by atoms with Gasteiger partial charge in [0.2, 0.25) is 0 Å². The molecule has 4 aliphatic rings. The van der Waals surface area contributed by atoms with Crippen LogP contribution in [0.3, 0.4) is 0 Å². The third-order valence-corrected chi connectivity index (χ3v) is 9.23. The second kappa shape index (κ2) is 8.47. The Morgan fingerprint density at radius 1 is 0.879 bits per heavy atom. The third-order valence-electron chi connectivity index (χ3n) is 9.23. The highest BCUT2D eigenvalue weighted by atomic mass is 16.5. The van der Waals surface area contributed by atoms with Gasteiger partial charge in [-0.05, 0) is 104 Å². The molecular formula is C31H37NO. The number of nitrogens with one attached hydrogen (secondary N) is 1. The fourth-order valence-corrected chi connectivity index (χ4v) is 7.74. The first-order valence-electron chi connectivity index (χ1n) is 13.0. The van der Waals surface area contributed by atoms with Crippen molar-refractivity contribution in [2.45, 2.75) is 71.6 Å². The average molecular weight is 440 g/mol.